The highest BCUT2D eigenvalue weighted by atomic mass is 28.4. The predicted molar refractivity (Wildman–Crippen MR) is 79.2 cm³/mol. The summed E-state index contributed by atoms with van der Waals surface area (Å²) in [5, 5.41) is 0.223. The van der Waals surface area contributed by atoms with Crippen molar-refractivity contribution < 1.29 is 9.22 Å². The first-order valence-corrected chi connectivity index (χ1v) is 9.84. The number of ketones is 1. The lowest BCUT2D eigenvalue weighted by Gasteiger charge is -2.40. The largest absolute Gasteiger partial charge is 0.413 e. The lowest BCUT2D eigenvalue weighted by Crippen LogP contribution is -2.45. The van der Waals surface area contributed by atoms with Gasteiger partial charge in [0.1, 0.15) is 0 Å². The van der Waals surface area contributed by atoms with Crippen molar-refractivity contribution in [3.05, 3.63) is 11.6 Å². The van der Waals surface area contributed by atoms with E-state index in [1.54, 1.807) is 6.08 Å². The lowest BCUT2D eigenvalue weighted by molar-refractivity contribution is -0.114. The van der Waals surface area contributed by atoms with Crippen LogP contribution in [0.3, 0.4) is 0 Å². The molecule has 0 fully saturated rings. The van der Waals surface area contributed by atoms with E-state index in [2.05, 4.69) is 47.7 Å². The molecule has 0 unspecified atom stereocenters. The Kier molecular flexibility index (Phi) is 4.60. The van der Waals surface area contributed by atoms with Gasteiger partial charge in [0.05, 0.1) is 6.10 Å². The van der Waals surface area contributed by atoms with E-state index in [1.165, 1.54) is 5.57 Å². The van der Waals surface area contributed by atoms with E-state index in [0.717, 1.165) is 6.42 Å². The molecule has 3 heteroatoms. The van der Waals surface area contributed by atoms with Crippen LogP contribution in [-0.2, 0) is 9.22 Å². The third-order valence-electron chi connectivity index (χ3n) is 4.59. The molecule has 104 valence electrons. The fraction of sp³-hybridized carbons (Fsp3) is 0.800. The molecule has 0 bridgehead atoms. The third-order valence-corrected chi connectivity index (χ3v) is 9.10. The van der Waals surface area contributed by atoms with Crippen LogP contribution in [-0.4, -0.2) is 20.2 Å². The number of hydrogen-bond acceptors (Lipinski definition) is 2. The second-order valence-electron chi connectivity index (χ2n) is 7.10. The smallest absolute Gasteiger partial charge is 0.192 e. The highest BCUT2D eigenvalue weighted by molar-refractivity contribution is 6.74. The Labute approximate surface area is 113 Å². The Bertz CT molecular complexity index is 350. The summed E-state index contributed by atoms with van der Waals surface area (Å²) >= 11 is 0. The van der Waals surface area contributed by atoms with Crippen LogP contribution in [0.25, 0.3) is 0 Å². The molecule has 0 saturated heterocycles. The van der Waals surface area contributed by atoms with E-state index in [-0.39, 0.29) is 16.9 Å². The molecule has 0 N–H and O–H groups in total. The molecule has 2 nitrogen and oxygen atoms in total. The molecule has 0 spiro atoms. The van der Waals surface area contributed by atoms with Gasteiger partial charge in [-0.2, -0.15) is 0 Å². The maximum atomic E-state index is 11.6. The van der Waals surface area contributed by atoms with E-state index < -0.39 is 8.32 Å². The quantitative estimate of drug-likeness (QED) is 0.697. The van der Waals surface area contributed by atoms with Gasteiger partial charge < -0.3 is 4.43 Å². The third kappa shape index (κ3) is 3.54. The van der Waals surface area contributed by atoms with Gasteiger partial charge in [0, 0.05) is 12.3 Å². The predicted octanol–water partition coefficient (Wildman–Crippen LogP) is 4.32. The summed E-state index contributed by atoms with van der Waals surface area (Å²) in [7, 11) is -1.75. The van der Waals surface area contributed by atoms with E-state index in [0.29, 0.717) is 12.3 Å². The van der Waals surface area contributed by atoms with E-state index in [1.807, 2.05) is 0 Å². The second-order valence-corrected chi connectivity index (χ2v) is 11.9. The summed E-state index contributed by atoms with van der Waals surface area (Å²) in [4.78, 5) is 11.6. The van der Waals surface area contributed by atoms with Crippen LogP contribution in [0.5, 0.6) is 0 Å². The second kappa shape index (κ2) is 5.30. The van der Waals surface area contributed by atoms with Crippen molar-refractivity contribution in [1.29, 1.82) is 0 Å². The molecule has 1 aliphatic carbocycles. The summed E-state index contributed by atoms with van der Waals surface area (Å²) in [6.45, 7) is 15.6. The molecule has 0 aromatic rings. The minimum absolute atomic E-state index is 0.202. The molecule has 0 heterocycles. The summed E-state index contributed by atoms with van der Waals surface area (Å²) in [5.74, 6) is 0.603. The van der Waals surface area contributed by atoms with Crippen molar-refractivity contribution in [2.75, 3.05) is 0 Å². The Morgan fingerprint density at radius 3 is 2.39 bits per heavy atom. The topological polar surface area (TPSA) is 26.3 Å². The first-order valence-electron chi connectivity index (χ1n) is 6.93. The Morgan fingerprint density at radius 2 is 1.89 bits per heavy atom. The van der Waals surface area contributed by atoms with Gasteiger partial charge in [0.15, 0.2) is 14.1 Å². The molecule has 1 rings (SSSR count). The standard InChI is InChI=1S/C15H28O2Si/c1-11-10-13(16)8-9-14(12(11)2)17-18(6,7)15(3,4)5/h10,12,14H,8-9H2,1-7H3/t12-,14-/m0/s1. The van der Waals surface area contributed by atoms with Crippen molar-refractivity contribution in [2.45, 2.75) is 71.7 Å². The molecule has 2 atom stereocenters. The molecule has 0 aliphatic heterocycles. The minimum atomic E-state index is -1.75. The van der Waals surface area contributed by atoms with Gasteiger partial charge in [-0.15, -0.1) is 0 Å². The fourth-order valence-corrected chi connectivity index (χ4v) is 3.43. The van der Waals surface area contributed by atoms with Crippen molar-refractivity contribution in [3.63, 3.8) is 0 Å². The molecule has 1 aliphatic rings. The van der Waals surface area contributed by atoms with E-state index >= 15 is 0 Å². The van der Waals surface area contributed by atoms with Gasteiger partial charge in [-0.25, -0.2) is 0 Å². The summed E-state index contributed by atoms with van der Waals surface area (Å²) < 4.78 is 6.50. The van der Waals surface area contributed by atoms with Gasteiger partial charge in [0.25, 0.3) is 0 Å². The monoisotopic (exact) mass is 268 g/mol. The Morgan fingerprint density at radius 1 is 1.33 bits per heavy atom. The molecular formula is C15H28O2Si. The van der Waals surface area contributed by atoms with Gasteiger partial charge in [-0.3, -0.25) is 4.79 Å². The lowest BCUT2D eigenvalue weighted by atomic mass is 9.96. The van der Waals surface area contributed by atoms with Crippen LogP contribution in [0.4, 0.5) is 0 Å². The van der Waals surface area contributed by atoms with Crippen LogP contribution in [0, 0.1) is 5.92 Å². The zero-order valence-corrected chi connectivity index (χ0v) is 14.0. The molecule has 0 aromatic carbocycles. The summed E-state index contributed by atoms with van der Waals surface area (Å²) in [5.41, 5.74) is 1.17. The SMILES string of the molecule is CC1=CC(=O)CC[C@H](O[Si](C)(C)C(C)(C)C)[C@H]1C. The molecule has 0 radical (unpaired) electrons. The van der Waals surface area contributed by atoms with E-state index in [4.69, 9.17) is 4.43 Å². The van der Waals surface area contributed by atoms with Crippen LogP contribution in [0.2, 0.25) is 18.1 Å². The van der Waals surface area contributed by atoms with Gasteiger partial charge in [-0.1, -0.05) is 33.3 Å². The van der Waals surface area contributed by atoms with Crippen molar-refractivity contribution in [1.82, 2.24) is 0 Å². The molecule has 0 saturated carbocycles. The van der Waals surface area contributed by atoms with Gasteiger partial charge in [0.2, 0.25) is 0 Å². The number of rotatable bonds is 2. The maximum absolute atomic E-state index is 11.6. The van der Waals surface area contributed by atoms with Crippen molar-refractivity contribution >= 4 is 14.1 Å². The molecule has 0 aromatic heterocycles. The van der Waals surface area contributed by atoms with E-state index in [9.17, 15) is 4.79 Å². The Hall–Kier alpha value is -0.413. The minimum Gasteiger partial charge on any atom is -0.413 e. The van der Waals surface area contributed by atoms with Crippen LogP contribution < -0.4 is 0 Å². The maximum Gasteiger partial charge on any atom is 0.192 e. The summed E-state index contributed by atoms with van der Waals surface area (Å²) in [6, 6.07) is 0. The Balaban J connectivity index is 2.85. The normalized spacial score (nSPS) is 26.8. The van der Waals surface area contributed by atoms with Crippen LogP contribution >= 0.6 is 0 Å². The average molecular weight is 268 g/mol. The van der Waals surface area contributed by atoms with Crippen LogP contribution in [0.15, 0.2) is 11.6 Å². The zero-order valence-electron chi connectivity index (χ0n) is 13.0. The number of hydrogen-bond donors (Lipinski definition) is 0. The zero-order chi connectivity index (χ0) is 14.1. The van der Waals surface area contributed by atoms with Gasteiger partial charge >= 0.3 is 0 Å². The van der Waals surface area contributed by atoms with Crippen LogP contribution in [0.1, 0.15) is 47.5 Å². The first-order chi connectivity index (χ1) is 8.04. The average Bonchev–Trinajstić information content (AvgIpc) is 2.30. The number of carbonyl (C=O) groups excluding carboxylic acids is 1. The molecular weight excluding hydrogens is 240 g/mol. The summed E-state index contributed by atoms with van der Waals surface area (Å²) in [6.07, 6.45) is 3.50. The number of allylic oxidation sites excluding steroid dienone is 1. The van der Waals surface area contributed by atoms with Crippen molar-refractivity contribution in [2.24, 2.45) is 5.92 Å². The molecule has 18 heavy (non-hydrogen) atoms. The van der Waals surface area contributed by atoms with Gasteiger partial charge in [-0.05, 0) is 37.6 Å². The highest BCUT2D eigenvalue weighted by Gasteiger charge is 2.40. The highest BCUT2D eigenvalue weighted by Crippen LogP contribution is 2.39. The first kappa shape index (κ1) is 15.6. The fourth-order valence-electron chi connectivity index (χ4n) is 2.00. The number of carbonyl (C=O) groups is 1. The van der Waals surface area contributed by atoms with Crippen molar-refractivity contribution in [3.8, 4) is 0 Å². The molecule has 0 amide bonds.